The molecule has 0 aliphatic rings. The van der Waals surface area contributed by atoms with Crippen LogP contribution in [0.5, 0.6) is 0 Å². The number of rotatable bonds is 7. The fourth-order valence-corrected chi connectivity index (χ4v) is 1.60. The van der Waals surface area contributed by atoms with Gasteiger partial charge in [-0.3, -0.25) is 4.79 Å². The van der Waals surface area contributed by atoms with Gasteiger partial charge in [0, 0.05) is 0 Å². The normalized spacial score (nSPS) is 14.0. The zero-order chi connectivity index (χ0) is 15.2. The molecule has 1 unspecified atom stereocenters. The van der Waals surface area contributed by atoms with Crippen LogP contribution in [0.25, 0.3) is 0 Å². The minimum atomic E-state index is -1.11. The minimum absolute atomic E-state index is 0.124. The molecular weight excluding hydrogens is 250 g/mol. The van der Waals surface area contributed by atoms with Crippen molar-refractivity contribution < 1.29 is 19.5 Å². The van der Waals surface area contributed by atoms with Gasteiger partial charge in [0.05, 0.1) is 0 Å². The average molecular weight is 273 g/mol. The molecule has 0 aromatic carbocycles. The Balaban J connectivity index is 4.56. The molecule has 0 aliphatic carbocycles. The highest BCUT2D eigenvalue weighted by molar-refractivity contribution is 5.88. The monoisotopic (exact) mass is 273 g/mol. The average Bonchev–Trinajstić information content (AvgIpc) is 2.23. The van der Waals surface area contributed by atoms with Gasteiger partial charge in [-0.05, 0) is 18.3 Å². The highest BCUT2D eigenvalue weighted by atomic mass is 16.4. The number of carbonyl (C=O) groups excluding carboxylic acids is 2. The number of nitrogens with two attached hydrogens (primary N) is 1. The molecule has 2 atom stereocenters. The molecule has 19 heavy (non-hydrogen) atoms. The summed E-state index contributed by atoms with van der Waals surface area (Å²) >= 11 is 0. The number of carboxylic acids is 1. The standard InChI is InChI=1S/C12H23N3O4/c1-6(2)5-8(11(17)18)14-12(19)15-9(7(3)4)10(13)16/h6-9H,5H2,1-4H3,(H2,13,16)(H,17,18)(H2,14,15,19)/t8-,9?/m0/s1. The van der Waals surface area contributed by atoms with E-state index in [1.54, 1.807) is 13.8 Å². The number of aliphatic carboxylic acids is 1. The summed E-state index contributed by atoms with van der Waals surface area (Å²) in [7, 11) is 0. The molecule has 0 aromatic rings. The summed E-state index contributed by atoms with van der Waals surface area (Å²) in [6.07, 6.45) is 0.311. The summed E-state index contributed by atoms with van der Waals surface area (Å²) < 4.78 is 0. The van der Waals surface area contributed by atoms with Crippen LogP contribution in [0, 0.1) is 11.8 Å². The first-order chi connectivity index (χ1) is 8.65. The zero-order valence-corrected chi connectivity index (χ0v) is 11.8. The molecule has 0 aliphatic heterocycles. The first-order valence-corrected chi connectivity index (χ1v) is 6.24. The molecule has 3 amide bonds. The van der Waals surface area contributed by atoms with Crippen molar-refractivity contribution in [2.75, 3.05) is 0 Å². The number of carbonyl (C=O) groups is 3. The lowest BCUT2D eigenvalue weighted by Gasteiger charge is -2.22. The van der Waals surface area contributed by atoms with E-state index in [9.17, 15) is 14.4 Å². The van der Waals surface area contributed by atoms with E-state index in [4.69, 9.17) is 10.8 Å². The molecule has 0 saturated heterocycles. The van der Waals surface area contributed by atoms with Crippen molar-refractivity contribution in [1.29, 1.82) is 0 Å². The minimum Gasteiger partial charge on any atom is -0.480 e. The van der Waals surface area contributed by atoms with E-state index in [0.717, 1.165) is 0 Å². The van der Waals surface area contributed by atoms with Gasteiger partial charge in [0.15, 0.2) is 0 Å². The van der Waals surface area contributed by atoms with E-state index in [0.29, 0.717) is 6.42 Å². The lowest BCUT2D eigenvalue weighted by Crippen LogP contribution is -2.54. The number of carboxylic acid groups (broad SMARTS) is 1. The van der Waals surface area contributed by atoms with Crippen molar-refractivity contribution in [3.05, 3.63) is 0 Å². The van der Waals surface area contributed by atoms with Gasteiger partial charge < -0.3 is 21.5 Å². The smallest absolute Gasteiger partial charge is 0.326 e. The van der Waals surface area contributed by atoms with Crippen LogP contribution >= 0.6 is 0 Å². The summed E-state index contributed by atoms with van der Waals surface area (Å²) in [6.45, 7) is 7.18. The van der Waals surface area contributed by atoms with Crippen molar-refractivity contribution in [2.24, 2.45) is 17.6 Å². The SMILES string of the molecule is CC(C)C[C@H](NC(=O)NC(C(N)=O)C(C)C)C(=O)O. The highest BCUT2D eigenvalue weighted by Crippen LogP contribution is 2.05. The van der Waals surface area contributed by atoms with Crippen LogP contribution in [0.2, 0.25) is 0 Å². The fraction of sp³-hybridized carbons (Fsp3) is 0.750. The molecule has 0 rings (SSSR count). The number of nitrogens with one attached hydrogen (secondary N) is 2. The summed E-state index contributed by atoms with van der Waals surface area (Å²) in [4.78, 5) is 33.8. The van der Waals surface area contributed by atoms with Crippen molar-refractivity contribution in [2.45, 2.75) is 46.2 Å². The third-order valence-corrected chi connectivity index (χ3v) is 2.57. The third-order valence-electron chi connectivity index (χ3n) is 2.57. The van der Waals surface area contributed by atoms with Gasteiger partial charge in [0.25, 0.3) is 0 Å². The van der Waals surface area contributed by atoms with Gasteiger partial charge in [0.2, 0.25) is 5.91 Å². The molecule has 5 N–H and O–H groups in total. The quantitative estimate of drug-likeness (QED) is 0.532. The summed E-state index contributed by atoms with van der Waals surface area (Å²) in [5.41, 5.74) is 5.16. The summed E-state index contributed by atoms with van der Waals surface area (Å²) in [5.74, 6) is -1.81. The maximum atomic E-state index is 11.7. The summed E-state index contributed by atoms with van der Waals surface area (Å²) in [5, 5.41) is 13.7. The van der Waals surface area contributed by atoms with Gasteiger partial charge in [-0.2, -0.15) is 0 Å². The van der Waals surface area contributed by atoms with Crippen LogP contribution in [-0.2, 0) is 9.59 Å². The Morgan fingerprint density at radius 3 is 1.95 bits per heavy atom. The predicted octanol–water partition coefficient (Wildman–Crippen LogP) is 0.295. The molecule has 0 fully saturated rings. The van der Waals surface area contributed by atoms with E-state index < -0.39 is 30.0 Å². The lowest BCUT2D eigenvalue weighted by atomic mass is 10.0. The van der Waals surface area contributed by atoms with E-state index in [1.807, 2.05) is 13.8 Å². The van der Waals surface area contributed by atoms with E-state index >= 15 is 0 Å². The molecule has 0 bridgehead atoms. The summed E-state index contributed by atoms with van der Waals surface area (Å²) in [6, 6.07) is -2.51. The number of hydrogen-bond donors (Lipinski definition) is 4. The number of primary amides is 1. The van der Waals surface area contributed by atoms with E-state index in [2.05, 4.69) is 10.6 Å². The Morgan fingerprint density at radius 1 is 1.11 bits per heavy atom. The van der Waals surface area contributed by atoms with Gasteiger partial charge in [-0.25, -0.2) is 9.59 Å². The van der Waals surface area contributed by atoms with Crippen LogP contribution in [0.1, 0.15) is 34.1 Å². The van der Waals surface area contributed by atoms with Crippen molar-refractivity contribution in [3.8, 4) is 0 Å². The molecule has 0 spiro atoms. The third kappa shape index (κ3) is 6.64. The molecule has 110 valence electrons. The van der Waals surface area contributed by atoms with Gasteiger partial charge in [-0.15, -0.1) is 0 Å². The Morgan fingerprint density at radius 2 is 1.63 bits per heavy atom. The molecule has 0 radical (unpaired) electrons. The molecule has 0 aromatic heterocycles. The van der Waals surface area contributed by atoms with Crippen LogP contribution in [0.4, 0.5) is 4.79 Å². The highest BCUT2D eigenvalue weighted by Gasteiger charge is 2.25. The Hall–Kier alpha value is -1.79. The van der Waals surface area contributed by atoms with Gasteiger partial charge in [-0.1, -0.05) is 27.7 Å². The molecule has 7 heteroatoms. The molecular formula is C12H23N3O4. The largest absolute Gasteiger partial charge is 0.480 e. The zero-order valence-electron chi connectivity index (χ0n) is 11.8. The Kier molecular flexibility index (Phi) is 6.89. The van der Waals surface area contributed by atoms with Gasteiger partial charge in [0.1, 0.15) is 12.1 Å². The molecule has 0 heterocycles. The van der Waals surface area contributed by atoms with Crippen LogP contribution in [-0.4, -0.2) is 35.1 Å². The van der Waals surface area contributed by atoms with E-state index in [1.165, 1.54) is 0 Å². The molecule has 0 saturated carbocycles. The Labute approximate surface area is 112 Å². The van der Waals surface area contributed by atoms with Crippen molar-refractivity contribution >= 4 is 17.9 Å². The second-order valence-electron chi connectivity index (χ2n) is 5.26. The first-order valence-electron chi connectivity index (χ1n) is 6.24. The van der Waals surface area contributed by atoms with E-state index in [-0.39, 0.29) is 11.8 Å². The maximum absolute atomic E-state index is 11.7. The first kappa shape index (κ1) is 17.2. The maximum Gasteiger partial charge on any atom is 0.326 e. The number of amides is 3. The Bertz CT molecular complexity index is 342. The molecule has 7 nitrogen and oxygen atoms in total. The van der Waals surface area contributed by atoms with Crippen molar-refractivity contribution in [3.63, 3.8) is 0 Å². The predicted molar refractivity (Wildman–Crippen MR) is 70.4 cm³/mol. The van der Waals surface area contributed by atoms with Crippen LogP contribution < -0.4 is 16.4 Å². The second-order valence-corrected chi connectivity index (χ2v) is 5.26. The number of urea groups is 1. The van der Waals surface area contributed by atoms with Crippen LogP contribution in [0.15, 0.2) is 0 Å². The lowest BCUT2D eigenvalue weighted by molar-refractivity contribution is -0.139. The van der Waals surface area contributed by atoms with Crippen LogP contribution in [0.3, 0.4) is 0 Å². The fourth-order valence-electron chi connectivity index (χ4n) is 1.60. The van der Waals surface area contributed by atoms with Gasteiger partial charge >= 0.3 is 12.0 Å². The van der Waals surface area contributed by atoms with Crippen molar-refractivity contribution in [1.82, 2.24) is 10.6 Å². The number of hydrogen-bond acceptors (Lipinski definition) is 3. The topological polar surface area (TPSA) is 122 Å². The second kappa shape index (κ2) is 7.60.